The number of hydrogen-bond donors (Lipinski definition) is 0. The average Bonchev–Trinajstić information content (AvgIpc) is 1.86. The second-order valence-electron chi connectivity index (χ2n) is 2.22. The zero-order chi connectivity index (χ0) is 7.98. The van der Waals surface area contributed by atoms with Gasteiger partial charge in [0.15, 0.2) is 0 Å². The summed E-state index contributed by atoms with van der Waals surface area (Å²) in [7, 11) is 0. The summed E-state index contributed by atoms with van der Waals surface area (Å²) < 4.78 is 9.63. The third-order valence-corrected chi connectivity index (χ3v) is 0.937. The Labute approximate surface area is 61.3 Å². The molecule has 0 rings (SSSR count). The lowest BCUT2D eigenvalue weighted by Crippen LogP contribution is -2.19. The first-order chi connectivity index (χ1) is 4.70. The maximum Gasteiger partial charge on any atom is 0.419 e. The Balaban J connectivity index is 3.48. The molecule has 1 atom stereocenters. The van der Waals surface area contributed by atoms with Gasteiger partial charge in [-0.2, -0.15) is 0 Å². The lowest BCUT2D eigenvalue weighted by Gasteiger charge is -2.15. The van der Waals surface area contributed by atoms with Gasteiger partial charge < -0.3 is 9.47 Å². The Morgan fingerprint density at radius 2 is 2.10 bits per heavy atom. The maximum atomic E-state index is 9.73. The van der Waals surface area contributed by atoms with E-state index in [1.807, 2.05) is 20.8 Å². The molecule has 0 bridgehead atoms. The fraction of sp³-hybridized carbons (Fsp3) is 0.857. The van der Waals surface area contributed by atoms with Crippen LogP contribution in [0.5, 0.6) is 0 Å². The van der Waals surface area contributed by atoms with E-state index in [1.165, 1.54) is 6.47 Å². The molecule has 0 aromatic carbocycles. The predicted octanol–water partition coefficient (Wildman–Crippen LogP) is 1.23. The normalized spacial score (nSPS) is 13.2. The number of ether oxygens (including phenoxy) is 2. The molecule has 0 aromatic rings. The minimum Gasteiger partial charge on any atom is -0.427 e. The van der Waals surface area contributed by atoms with E-state index in [2.05, 4.69) is 4.74 Å². The Bertz CT molecular complexity index is 90.9. The Morgan fingerprint density at radius 3 is 2.40 bits per heavy atom. The summed E-state index contributed by atoms with van der Waals surface area (Å²) in [6.07, 6.45) is 0.309. The minimum atomic E-state index is -0.433. The van der Waals surface area contributed by atoms with E-state index >= 15 is 0 Å². The fourth-order valence-electron chi connectivity index (χ4n) is 0.565. The molecule has 0 heterocycles. The van der Waals surface area contributed by atoms with Crippen LogP contribution in [0.2, 0.25) is 0 Å². The van der Waals surface area contributed by atoms with Gasteiger partial charge in [0.25, 0.3) is 0 Å². The Hall–Kier alpha value is -0.570. The van der Waals surface area contributed by atoms with Gasteiger partial charge in [-0.3, -0.25) is 0 Å². The first-order valence-electron chi connectivity index (χ1n) is 3.39. The van der Waals surface area contributed by atoms with Gasteiger partial charge in [-0.15, -0.1) is 0 Å². The molecule has 59 valence electrons. The van der Waals surface area contributed by atoms with Crippen LogP contribution in [-0.4, -0.2) is 18.9 Å². The van der Waals surface area contributed by atoms with Crippen molar-refractivity contribution in [3.8, 4) is 0 Å². The smallest absolute Gasteiger partial charge is 0.419 e. The van der Waals surface area contributed by atoms with Gasteiger partial charge in [-0.1, -0.05) is 6.92 Å². The largest absolute Gasteiger partial charge is 0.427 e. The molecule has 0 spiro atoms. The Kier molecular flexibility index (Phi) is 4.94. The summed E-state index contributed by atoms with van der Waals surface area (Å²) in [5.74, 6) is 0. The summed E-state index contributed by atoms with van der Waals surface area (Å²) in [6.45, 7) is 7.00. The van der Waals surface area contributed by atoms with Crippen molar-refractivity contribution in [1.29, 1.82) is 0 Å². The molecule has 0 saturated carbocycles. The second kappa shape index (κ2) is 5.23. The van der Waals surface area contributed by atoms with Crippen molar-refractivity contribution in [1.82, 2.24) is 0 Å². The van der Waals surface area contributed by atoms with Crippen LogP contribution in [0.1, 0.15) is 27.2 Å². The van der Waals surface area contributed by atoms with Gasteiger partial charge in [0.1, 0.15) is 0 Å². The topological polar surface area (TPSA) is 35.5 Å². The maximum absolute atomic E-state index is 9.73. The van der Waals surface area contributed by atoms with E-state index in [-0.39, 0.29) is 6.10 Å². The lowest BCUT2D eigenvalue weighted by molar-refractivity contribution is -0.116. The van der Waals surface area contributed by atoms with Crippen molar-refractivity contribution in [2.45, 2.75) is 39.6 Å². The molecular formula is C7H13O3. The van der Waals surface area contributed by atoms with Crippen LogP contribution < -0.4 is 0 Å². The van der Waals surface area contributed by atoms with Crippen molar-refractivity contribution in [2.24, 2.45) is 0 Å². The molecule has 1 unspecified atom stereocenters. The summed E-state index contributed by atoms with van der Waals surface area (Å²) >= 11 is 0. The molecule has 3 heteroatoms. The second-order valence-corrected chi connectivity index (χ2v) is 2.22. The SMILES string of the molecule is CCC(O[C]=O)OC(C)C. The van der Waals surface area contributed by atoms with E-state index in [0.29, 0.717) is 6.42 Å². The zero-order valence-corrected chi connectivity index (χ0v) is 6.59. The molecule has 0 amide bonds. The summed E-state index contributed by atoms with van der Waals surface area (Å²) in [6, 6.07) is 0. The van der Waals surface area contributed by atoms with E-state index in [0.717, 1.165) is 0 Å². The highest BCUT2D eigenvalue weighted by molar-refractivity contribution is 5.38. The fourth-order valence-corrected chi connectivity index (χ4v) is 0.565. The van der Waals surface area contributed by atoms with Crippen LogP contribution in [0.4, 0.5) is 0 Å². The van der Waals surface area contributed by atoms with Gasteiger partial charge in [0.05, 0.1) is 6.10 Å². The van der Waals surface area contributed by atoms with Gasteiger partial charge in [-0.05, 0) is 13.8 Å². The van der Waals surface area contributed by atoms with Crippen LogP contribution in [-0.2, 0) is 14.3 Å². The monoisotopic (exact) mass is 145 g/mol. The summed E-state index contributed by atoms with van der Waals surface area (Å²) in [5, 5.41) is 0. The van der Waals surface area contributed by atoms with Crippen molar-refractivity contribution >= 4 is 6.47 Å². The number of carbonyl (C=O) groups excluding carboxylic acids is 1. The van der Waals surface area contributed by atoms with Gasteiger partial charge >= 0.3 is 6.47 Å². The first-order valence-corrected chi connectivity index (χ1v) is 3.39. The zero-order valence-electron chi connectivity index (χ0n) is 6.59. The highest BCUT2D eigenvalue weighted by atomic mass is 16.7. The standard InChI is InChI=1S/C7H13O3/c1-4-7(9-5-8)10-6(2)3/h6-7H,4H2,1-3H3. The van der Waals surface area contributed by atoms with Crippen molar-refractivity contribution in [2.75, 3.05) is 0 Å². The summed E-state index contributed by atoms with van der Waals surface area (Å²) in [4.78, 5) is 9.73. The summed E-state index contributed by atoms with van der Waals surface area (Å²) in [5.41, 5.74) is 0. The molecule has 0 saturated heterocycles. The molecule has 0 aliphatic heterocycles. The number of hydrogen-bond acceptors (Lipinski definition) is 3. The van der Waals surface area contributed by atoms with Crippen LogP contribution >= 0.6 is 0 Å². The quantitative estimate of drug-likeness (QED) is 0.546. The van der Waals surface area contributed by atoms with Crippen LogP contribution in [0.25, 0.3) is 0 Å². The third kappa shape index (κ3) is 4.32. The van der Waals surface area contributed by atoms with E-state index in [9.17, 15) is 4.79 Å². The lowest BCUT2D eigenvalue weighted by atomic mass is 10.4. The molecular weight excluding hydrogens is 132 g/mol. The molecule has 0 N–H and O–H groups in total. The van der Waals surface area contributed by atoms with Crippen LogP contribution in [0, 0.1) is 0 Å². The third-order valence-electron chi connectivity index (χ3n) is 0.937. The molecule has 3 nitrogen and oxygen atoms in total. The van der Waals surface area contributed by atoms with E-state index < -0.39 is 6.29 Å². The average molecular weight is 145 g/mol. The van der Waals surface area contributed by atoms with Crippen LogP contribution in [0.3, 0.4) is 0 Å². The van der Waals surface area contributed by atoms with Gasteiger partial charge in [0.2, 0.25) is 6.29 Å². The van der Waals surface area contributed by atoms with Crippen molar-refractivity contribution < 1.29 is 14.3 Å². The molecule has 1 radical (unpaired) electrons. The minimum absolute atomic E-state index is 0.0818. The molecule has 0 aliphatic carbocycles. The van der Waals surface area contributed by atoms with Gasteiger partial charge in [-0.25, -0.2) is 4.79 Å². The molecule has 0 aliphatic rings. The number of rotatable bonds is 5. The van der Waals surface area contributed by atoms with Crippen molar-refractivity contribution in [3.63, 3.8) is 0 Å². The van der Waals surface area contributed by atoms with Gasteiger partial charge in [0, 0.05) is 6.42 Å². The highest BCUT2D eigenvalue weighted by Gasteiger charge is 2.07. The first kappa shape index (κ1) is 9.43. The highest BCUT2D eigenvalue weighted by Crippen LogP contribution is 2.01. The van der Waals surface area contributed by atoms with E-state index in [1.54, 1.807) is 0 Å². The van der Waals surface area contributed by atoms with Crippen LogP contribution in [0.15, 0.2) is 0 Å². The molecule has 0 fully saturated rings. The predicted molar refractivity (Wildman–Crippen MR) is 37.1 cm³/mol. The Morgan fingerprint density at radius 1 is 1.50 bits per heavy atom. The molecule has 0 aromatic heterocycles. The molecule has 10 heavy (non-hydrogen) atoms. The van der Waals surface area contributed by atoms with E-state index in [4.69, 9.17) is 4.74 Å². The van der Waals surface area contributed by atoms with Crippen molar-refractivity contribution in [3.05, 3.63) is 0 Å².